The zero-order chi connectivity index (χ0) is 13.1. The van der Waals surface area contributed by atoms with Gasteiger partial charge < -0.3 is 9.52 Å². The number of hydrogen-bond acceptors (Lipinski definition) is 3. The molecular weight excluding hydrogens is 252 g/mol. The number of aromatic carboxylic acids is 1. The smallest absolute Gasteiger partial charge is 0.339 e. The van der Waals surface area contributed by atoms with Crippen molar-refractivity contribution in [1.29, 1.82) is 0 Å². The Morgan fingerprint density at radius 3 is 2.78 bits per heavy atom. The Morgan fingerprint density at radius 1 is 1.39 bits per heavy atom. The molecule has 1 aromatic carbocycles. The number of furan rings is 1. The molecular formula is C13H14O4S. The molecule has 1 unspecified atom stereocenters. The predicted molar refractivity (Wildman–Crippen MR) is 70.2 cm³/mol. The minimum absolute atomic E-state index is 0.134. The van der Waals surface area contributed by atoms with Gasteiger partial charge in [0.15, 0.2) is 0 Å². The van der Waals surface area contributed by atoms with E-state index >= 15 is 0 Å². The van der Waals surface area contributed by atoms with Crippen LogP contribution >= 0.6 is 0 Å². The van der Waals surface area contributed by atoms with Crippen LogP contribution in [-0.2, 0) is 16.6 Å². The van der Waals surface area contributed by atoms with Crippen LogP contribution in [0.15, 0.2) is 28.7 Å². The van der Waals surface area contributed by atoms with Crippen molar-refractivity contribution < 1.29 is 18.5 Å². The summed E-state index contributed by atoms with van der Waals surface area (Å²) in [6.07, 6.45) is 0.801. The fourth-order valence-electron chi connectivity index (χ4n) is 1.88. The topological polar surface area (TPSA) is 67.5 Å². The Morgan fingerprint density at radius 2 is 2.11 bits per heavy atom. The van der Waals surface area contributed by atoms with Crippen molar-refractivity contribution in [3.63, 3.8) is 0 Å². The third-order valence-corrected chi connectivity index (χ3v) is 4.05. The molecule has 0 aliphatic rings. The van der Waals surface area contributed by atoms with E-state index in [0.29, 0.717) is 22.5 Å². The molecule has 2 aromatic rings. The lowest BCUT2D eigenvalue weighted by atomic mass is 10.1. The second-order valence-corrected chi connectivity index (χ2v) is 5.57. The van der Waals surface area contributed by atoms with E-state index in [1.165, 1.54) is 0 Å². The Bertz CT molecular complexity index is 600. The van der Waals surface area contributed by atoms with Gasteiger partial charge in [0.1, 0.15) is 16.9 Å². The van der Waals surface area contributed by atoms with Crippen molar-refractivity contribution in [3.8, 4) is 0 Å². The van der Waals surface area contributed by atoms with Gasteiger partial charge in [0.05, 0.1) is 5.75 Å². The monoisotopic (exact) mass is 266 g/mol. The molecule has 1 heterocycles. The van der Waals surface area contributed by atoms with Gasteiger partial charge in [0, 0.05) is 21.9 Å². The van der Waals surface area contributed by atoms with Gasteiger partial charge >= 0.3 is 5.97 Å². The zero-order valence-electron chi connectivity index (χ0n) is 10.0. The quantitative estimate of drug-likeness (QED) is 0.903. The molecule has 0 aliphatic carbocycles. The van der Waals surface area contributed by atoms with E-state index in [4.69, 9.17) is 4.42 Å². The zero-order valence-corrected chi connectivity index (χ0v) is 10.8. The highest BCUT2D eigenvalue weighted by Crippen LogP contribution is 2.26. The van der Waals surface area contributed by atoms with Gasteiger partial charge in [0.2, 0.25) is 0 Å². The summed E-state index contributed by atoms with van der Waals surface area (Å²) in [4.78, 5) is 11.3. The summed E-state index contributed by atoms with van der Waals surface area (Å²) >= 11 is 0. The van der Waals surface area contributed by atoms with Crippen molar-refractivity contribution in [2.45, 2.75) is 19.1 Å². The molecule has 0 fully saturated rings. The van der Waals surface area contributed by atoms with Gasteiger partial charge in [-0.2, -0.15) is 0 Å². The highest BCUT2D eigenvalue weighted by Gasteiger charge is 2.21. The average molecular weight is 266 g/mol. The number of benzene rings is 1. The van der Waals surface area contributed by atoms with Crippen LogP contribution in [0.4, 0.5) is 0 Å². The molecule has 0 radical (unpaired) electrons. The van der Waals surface area contributed by atoms with Crippen LogP contribution in [-0.4, -0.2) is 21.0 Å². The fraction of sp³-hybridized carbons (Fsp3) is 0.308. The van der Waals surface area contributed by atoms with Crippen molar-refractivity contribution in [3.05, 3.63) is 35.6 Å². The van der Waals surface area contributed by atoms with Gasteiger partial charge in [-0.25, -0.2) is 4.79 Å². The molecule has 0 saturated carbocycles. The van der Waals surface area contributed by atoms with Gasteiger partial charge in [-0.05, 0) is 12.5 Å². The van der Waals surface area contributed by atoms with Gasteiger partial charge in [-0.15, -0.1) is 0 Å². The number of carboxylic acids is 1. The van der Waals surface area contributed by atoms with E-state index in [0.717, 1.165) is 6.42 Å². The number of para-hydroxylation sites is 1. The summed E-state index contributed by atoms with van der Waals surface area (Å²) in [5.41, 5.74) is 0.661. The van der Waals surface area contributed by atoms with Crippen molar-refractivity contribution in [1.82, 2.24) is 0 Å². The second-order valence-electron chi connectivity index (χ2n) is 3.99. The van der Waals surface area contributed by atoms with E-state index in [9.17, 15) is 14.1 Å². The molecule has 0 saturated heterocycles. The molecule has 0 spiro atoms. The van der Waals surface area contributed by atoms with Gasteiger partial charge in [0.25, 0.3) is 0 Å². The Labute approximate surface area is 107 Å². The normalized spacial score (nSPS) is 12.7. The van der Waals surface area contributed by atoms with Crippen LogP contribution in [0.2, 0.25) is 0 Å². The number of carbonyl (C=O) groups is 1. The van der Waals surface area contributed by atoms with Gasteiger partial charge in [-0.1, -0.05) is 25.1 Å². The Balaban J connectivity index is 2.46. The summed E-state index contributed by atoms with van der Waals surface area (Å²) in [5.74, 6) is -0.0285. The Hall–Kier alpha value is -1.62. The summed E-state index contributed by atoms with van der Waals surface area (Å²) < 4.78 is 17.2. The highest BCUT2D eigenvalue weighted by molar-refractivity contribution is 7.84. The molecule has 1 aromatic heterocycles. The minimum atomic E-state index is -1.08. The lowest BCUT2D eigenvalue weighted by molar-refractivity contribution is 0.0697. The molecule has 0 aliphatic heterocycles. The van der Waals surface area contributed by atoms with Crippen LogP contribution < -0.4 is 0 Å². The second kappa shape index (κ2) is 5.35. The van der Waals surface area contributed by atoms with E-state index in [1.54, 1.807) is 24.3 Å². The third-order valence-electron chi connectivity index (χ3n) is 2.61. The first kappa shape index (κ1) is 12.8. The standard InChI is InChI=1S/C13H14O4S/c1-2-7-18(16)8-11-12(13(14)15)9-5-3-4-6-10(9)17-11/h3-6H,2,7-8H2,1H3,(H,14,15). The summed E-state index contributed by atoms with van der Waals surface area (Å²) in [6, 6.07) is 6.96. The largest absolute Gasteiger partial charge is 0.478 e. The molecule has 2 rings (SSSR count). The van der Waals surface area contributed by atoms with E-state index in [-0.39, 0.29) is 11.3 Å². The summed E-state index contributed by atoms with van der Waals surface area (Å²) in [6.45, 7) is 1.94. The van der Waals surface area contributed by atoms with Crippen LogP contribution in [0, 0.1) is 0 Å². The third kappa shape index (κ3) is 2.46. The first-order valence-corrected chi connectivity index (χ1v) is 7.21. The minimum Gasteiger partial charge on any atom is -0.478 e. The van der Waals surface area contributed by atoms with Crippen LogP contribution in [0.3, 0.4) is 0 Å². The van der Waals surface area contributed by atoms with Gasteiger partial charge in [-0.3, -0.25) is 4.21 Å². The predicted octanol–water partition coefficient (Wildman–Crippen LogP) is 2.79. The molecule has 5 heteroatoms. The molecule has 1 atom stereocenters. The lowest BCUT2D eigenvalue weighted by Crippen LogP contribution is -2.04. The maximum Gasteiger partial charge on any atom is 0.339 e. The Kier molecular flexibility index (Phi) is 3.81. The molecule has 1 N–H and O–H groups in total. The maximum absolute atomic E-state index is 11.7. The summed E-state index contributed by atoms with van der Waals surface area (Å²) in [5, 5.41) is 9.80. The number of hydrogen-bond donors (Lipinski definition) is 1. The van der Waals surface area contributed by atoms with E-state index < -0.39 is 16.8 Å². The first-order valence-electron chi connectivity index (χ1n) is 5.72. The molecule has 0 bridgehead atoms. The van der Waals surface area contributed by atoms with E-state index in [1.807, 2.05) is 6.92 Å². The highest BCUT2D eigenvalue weighted by atomic mass is 32.2. The van der Waals surface area contributed by atoms with E-state index in [2.05, 4.69) is 0 Å². The molecule has 4 nitrogen and oxygen atoms in total. The maximum atomic E-state index is 11.7. The van der Waals surface area contributed by atoms with Crippen LogP contribution in [0.25, 0.3) is 11.0 Å². The number of rotatable bonds is 5. The lowest BCUT2D eigenvalue weighted by Gasteiger charge is -1.99. The van der Waals surface area contributed by atoms with Crippen molar-refractivity contribution >= 4 is 27.7 Å². The average Bonchev–Trinajstić information content (AvgIpc) is 2.66. The molecule has 96 valence electrons. The van der Waals surface area contributed by atoms with Crippen LogP contribution in [0.5, 0.6) is 0 Å². The van der Waals surface area contributed by atoms with Crippen molar-refractivity contribution in [2.24, 2.45) is 0 Å². The first-order chi connectivity index (χ1) is 8.63. The molecule has 18 heavy (non-hydrogen) atoms. The number of fused-ring (bicyclic) bond motifs is 1. The molecule has 0 amide bonds. The van der Waals surface area contributed by atoms with Crippen molar-refractivity contribution in [2.75, 3.05) is 5.75 Å². The number of carboxylic acid groups (broad SMARTS) is 1. The fourth-order valence-corrected chi connectivity index (χ4v) is 2.97. The SMILES string of the molecule is CCCS(=O)Cc1oc2ccccc2c1C(=O)O. The summed E-state index contributed by atoms with van der Waals surface area (Å²) in [7, 11) is -1.08. The van der Waals surface area contributed by atoms with Crippen LogP contribution in [0.1, 0.15) is 29.5 Å².